The summed E-state index contributed by atoms with van der Waals surface area (Å²) in [5, 5.41) is 11.9. The van der Waals surface area contributed by atoms with E-state index in [4.69, 9.17) is 5.11 Å². The van der Waals surface area contributed by atoms with Crippen LogP contribution in [-0.2, 0) is 16.0 Å². The Kier molecular flexibility index (Phi) is 11.2. The number of unbranched alkanes of at least 4 members (excludes halogenated alkanes) is 3. The van der Waals surface area contributed by atoms with Crippen LogP contribution in [0.2, 0.25) is 0 Å². The van der Waals surface area contributed by atoms with E-state index in [2.05, 4.69) is 37.0 Å². The summed E-state index contributed by atoms with van der Waals surface area (Å²) in [4.78, 5) is 24.0. The van der Waals surface area contributed by atoms with Gasteiger partial charge in [0, 0.05) is 17.9 Å². The zero-order chi connectivity index (χ0) is 22.5. The Morgan fingerprint density at radius 3 is 2.45 bits per heavy atom. The fraction of sp³-hybridized carbons (Fsp3) is 0.462. The molecule has 0 bridgehead atoms. The maximum Gasteiger partial charge on any atom is 0.303 e. The number of rotatable bonds is 14. The van der Waals surface area contributed by atoms with Gasteiger partial charge < -0.3 is 10.4 Å². The fourth-order valence-electron chi connectivity index (χ4n) is 3.97. The molecule has 0 spiro atoms. The van der Waals surface area contributed by atoms with Crippen molar-refractivity contribution in [2.75, 3.05) is 11.1 Å². The molecule has 4 nitrogen and oxygen atoms in total. The van der Waals surface area contributed by atoms with Gasteiger partial charge in [-0.2, -0.15) is 12.6 Å². The molecule has 0 aromatic heterocycles. The van der Waals surface area contributed by atoms with Crippen LogP contribution in [0.3, 0.4) is 0 Å². The molecule has 2 rings (SSSR count). The number of anilines is 1. The minimum absolute atomic E-state index is 0.0120. The molecule has 0 fully saturated rings. The van der Waals surface area contributed by atoms with Gasteiger partial charge in [0.25, 0.3) is 0 Å². The quantitative estimate of drug-likeness (QED) is 0.237. The zero-order valence-corrected chi connectivity index (χ0v) is 19.3. The summed E-state index contributed by atoms with van der Waals surface area (Å²) in [5.41, 5.74) is 2.97. The first kappa shape index (κ1) is 25.0. The van der Waals surface area contributed by atoms with Gasteiger partial charge in [0.05, 0.1) is 5.92 Å². The van der Waals surface area contributed by atoms with Crippen molar-refractivity contribution in [3.8, 4) is 0 Å². The number of hydrogen-bond donors (Lipinski definition) is 3. The van der Waals surface area contributed by atoms with Crippen molar-refractivity contribution in [2.24, 2.45) is 5.92 Å². The number of carboxylic acids is 1. The number of benzene rings is 2. The van der Waals surface area contributed by atoms with Gasteiger partial charge >= 0.3 is 5.97 Å². The summed E-state index contributed by atoms with van der Waals surface area (Å²) >= 11 is 4.54. The van der Waals surface area contributed by atoms with Crippen molar-refractivity contribution >= 4 is 30.2 Å². The molecule has 168 valence electrons. The minimum Gasteiger partial charge on any atom is -0.481 e. The minimum atomic E-state index is -0.785. The third kappa shape index (κ3) is 8.78. The van der Waals surface area contributed by atoms with E-state index in [0.29, 0.717) is 18.6 Å². The molecule has 2 N–H and O–H groups in total. The lowest BCUT2D eigenvalue weighted by atomic mass is 9.82. The fourth-order valence-corrected chi connectivity index (χ4v) is 4.39. The van der Waals surface area contributed by atoms with E-state index in [1.807, 2.05) is 42.5 Å². The van der Waals surface area contributed by atoms with Gasteiger partial charge in [0.15, 0.2) is 0 Å². The molecule has 0 aliphatic carbocycles. The van der Waals surface area contributed by atoms with Crippen molar-refractivity contribution in [2.45, 2.75) is 64.2 Å². The Morgan fingerprint density at radius 2 is 1.77 bits per heavy atom. The Morgan fingerprint density at radius 1 is 1.00 bits per heavy atom. The standard InChI is InChI=1S/C26H35NO3S/c1-2-3-4-8-16-23(21-13-6-5-7-14-21)24(19-31)26(30)27-22-15-9-11-20(18-22)12-10-17-25(28)29/h5-7,9,11,13-15,18,23-24,31H,2-4,8,10,12,16-17,19H2,1H3,(H,27,30)(H,28,29). The summed E-state index contributed by atoms with van der Waals surface area (Å²) in [6, 6.07) is 18.0. The monoisotopic (exact) mass is 441 g/mol. The van der Waals surface area contributed by atoms with Crippen LogP contribution in [0.5, 0.6) is 0 Å². The average Bonchev–Trinajstić information content (AvgIpc) is 2.76. The molecule has 2 atom stereocenters. The predicted octanol–water partition coefficient (Wildman–Crippen LogP) is 6.33. The SMILES string of the molecule is CCCCCCC(c1ccccc1)C(CS)C(=O)Nc1cccc(CCCC(=O)O)c1. The van der Waals surface area contributed by atoms with Gasteiger partial charge in [-0.15, -0.1) is 0 Å². The van der Waals surface area contributed by atoms with Crippen LogP contribution in [0.15, 0.2) is 54.6 Å². The molecular weight excluding hydrogens is 406 g/mol. The maximum absolute atomic E-state index is 13.2. The van der Waals surface area contributed by atoms with Crippen molar-refractivity contribution in [3.63, 3.8) is 0 Å². The Labute approximate surface area is 191 Å². The van der Waals surface area contributed by atoms with E-state index in [1.54, 1.807) is 0 Å². The number of aryl methyl sites for hydroxylation is 1. The second kappa shape index (κ2) is 13.9. The van der Waals surface area contributed by atoms with Crippen LogP contribution in [0.4, 0.5) is 5.69 Å². The lowest BCUT2D eigenvalue weighted by Gasteiger charge is -2.26. The second-order valence-electron chi connectivity index (χ2n) is 8.09. The molecule has 0 radical (unpaired) electrons. The zero-order valence-electron chi connectivity index (χ0n) is 18.4. The highest BCUT2D eigenvalue weighted by atomic mass is 32.1. The number of amides is 1. The van der Waals surface area contributed by atoms with Gasteiger partial charge in [-0.05, 0) is 48.4 Å². The summed E-state index contributed by atoms with van der Waals surface area (Å²) < 4.78 is 0. The van der Waals surface area contributed by atoms with Crippen molar-refractivity contribution in [1.29, 1.82) is 0 Å². The van der Waals surface area contributed by atoms with E-state index < -0.39 is 5.97 Å². The normalized spacial score (nSPS) is 12.8. The number of aliphatic carboxylic acids is 1. The molecule has 0 aliphatic rings. The van der Waals surface area contributed by atoms with Gasteiger partial charge in [0.2, 0.25) is 5.91 Å². The first-order valence-electron chi connectivity index (χ1n) is 11.3. The molecule has 1 amide bonds. The van der Waals surface area contributed by atoms with Crippen LogP contribution in [0.1, 0.15) is 68.9 Å². The van der Waals surface area contributed by atoms with Crippen LogP contribution in [0.25, 0.3) is 0 Å². The molecule has 5 heteroatoms. The number of carboxylic acid groups (broad SMARTS) is 1. The number of hydrogen-bond acceptors (Lipinski definition) is 3. The Hall–Kier alpha value is -2.27. The summed E-state index contributed by atoms with van der Waals surface area (Å²) in [5.74, 6) is -0.399. The van der Waals surface area contributed by atoms with E-state index in [1.165, 1.54) is 24.8 Å². The molecule has 0 saturated heterocycles. The van der Waals surface area contributed by atoms with E-state index in [-0.39, 0.29) is 24.2 Å². The highest BCUT2D eigenvalue weighted by molar-refractivity contribution is 7.80. The van der Waals surface area contributed by atoms with Crippen LogP contribution in [-0.4, -0.2) is 22.7 Å². The predicted molar refractivity (Wildman–Crippen MR) is 131 cm³/mol. The molecule has 2 aromatic rings. The molecule has 0 saturated carbocycles. The smallest absolute Gasteiger partial charge is 0.303 e. The summed E-state index contributed by atoms with van der Waals surface area (Å²) in [6.45, 7) is 2.20. The highest BCUT2D eigenvalue weighted by Gasteiger charge is 2.28. The molecule has 31 heavy (non-hydrogen) atoms. The summed E-state index contributed by atoms with van der Waals surface area (Å²) in [6.07, 6.45) is 7.06. The largest absolute Gasteiger partial charge is 0.481 e. The topological polar surface area (TPSA) is 66.4 Å². The van der Waals surface area contributed by atoms with Gasteiger partial charge in [-0.25, -0.2) is 0 Å². The van der Waals surface area contributed by atoms with Gasteiger partial charge in [0.1, 0.15) is 0 Å². The maximum atomic E-state index is 13.2. The van der Waals surface area contributed by atoms with Crippen molar-refractivity contribution in [1.82, 2.24) is 0 Å². The average molecular weight is 442 g/mol. The Balaban J connectivity index is 2.09. The van der Waals surface area contributed by atoms with Crippen molar-refractivity contribution < 1.29 is 14.7 Å². The third-order valence-electron chi connectivity index (χ3n) is 5.67. The first-order chi connectivity index (χ1) is 15.0. The van der Waals surface area contributed by atoms with Crippen LogP contribution in [0, 0.1) is 5.92 Å². The number of thiol groups is 1. The Bertz CT molecular complexity index is 809. The van der Waals surface area contributed by atoms with Crippen LogP contribution < -0.4 is 5.32 Å². The van der Waals surface area contributed by atoms with E-state index >= 15 is 0 Å². The first-order valence-corrected chi connectivity index (χ1v) is 12.0. The lowest BCUT2D eigenvalue weighted by Crippen LogP contribution is -2.30. The number of carbonyl (C=O) groups is 2. The summed E-state index contributed by atoms with van der Waals surface area (Å²) in [7, 11) is 0. The number of carbonyl (C=O) groups excluding carboxylic acids is 1. The highest BCUT2D eigenvalue weighted by Crippen LogP contribution is 2.32. The van der Waals surface area contributed by atoms with E-state index in [0.717, 1.165) is 24.1 Å². The molecule has 0 aliphatic heterocycles. The molecule has 0 heterocycles. The third-order valence-corrected chi connectivity index (χ3v) is 6.06. The molecule has 2 aromatic carbocycles. The second-order valence-corrected chi connectivity index (χ2v) is 8.46. The van der Waals surface area contributed by atoms with Gasteiger partial charge in [-0.3, -0.25) is 9.59 Å². The van der Waals surface area contributed by atoms with Crippen molar-refractivity contribution in [3.05, 3.63) is 65.7 Å². The lowest BCUT2D eigenvalue weighted by molar-refractivity contribution is -0.137. The van der Waals surface area contributed by atoms with Gasteiger partial charge in [-0.1, -0.05) is 75.1 Å². The number of nitrogens with one attached hydrogen (secondary N) is 1. The molecule has 2 unspecified atom stereocenters. The van der Waals surface area contributed by atoms with E-state index in [9.17, 15) is 9.59 Å². The molecular formula is C26H35NO3S. The van der Waals surface area contributed by atoms with Crippen LogP contribution >= 0.6 is 12.6 Å².